The van der Waals surface area contributed by atoms with Gasteiger partial charge < -0.3 is 10.2 Å². The van der Waals surface area contributed by atoms with Crippen LogP contribution >= 0.6 is 23.2 Å². The van der Waals surface area contributed by atoms with Gasteiger partial charge in [0.15, 0.2) is 0 Å². The fourth-order valence-electron chi connectivity index (χ4n) is 4.45. The Balaban J connectivity index is 1.86. The second-order valence-electron chi connectivity index (χ2n) is 6.81. The molecule has 126 valence electrons. The summed E-state index contributed by atoms with van der Waals surface area (Å²) < 4.78 is 0. The third-order valence-corrected chi connectivity index (χ3v) is 5.99. The fourth-order valence-corrected chi connectivity index (χ4v) is 4.97. The zero-order valence-corrected chi connectivity index (χ0v) is 15.6. The Morgan fingerprint density at radius 3 is 2.79 bits per heavy atom. The molecule has 2 aliphatic rings. The first-order valence-electron chi connectivity index (χ1n) is 8.67. The maximum Gasteiger partial charge on any atom is 0.0499 e. The Labute approximate surface area is 153 Å². The Kier molecular flexibility index (Phi) is 4.24. The molecule has 2 heterocycles. The lowest BCUT2D eigenvalue weighted by atomic mass is 9.88. The molecule has 2 unspecified atom stereocenters. The summed E-state index contributed by atoms with van der Waals surface area (Å²) in [6.07, 6.45) is 1.21. The molecule has 1 saturated heterocycles. The van der Waals surface area contributed by atoms with Crippen LogP contribution in [-0.2, 0) is 0 Å². The van der Waals surface area contributed by atoms with Crippen LogP contribution in [0.1, 0.15) is 30.4 Å². The van der Waals surface area contributed by atoms with E-state index in [0.717, 1.165) is 25.2 Å². The maximum absolute atomic E-state index is 6.45. The molecule has 2 nitrogen and oxygen atoms in total. The van der Waals surface area contributed by atoms with Crippen molar-refractivity contribution in [3.8, 4) is 11.1 Å². The first-order valence-corrected chi connectivity index (χ1v) is 9.43. The van der Waals surface area contributed by atoms with Gasteiger partial charge in [0, 0.05) is 46.3 Å². The average molecular weight is 361 g/mol. The minimum atomic E-state index is 0.568. The van der Waals surface area contributed by atoms with Gasteiger partial charge in [-0.05, 0) is 67.8 Å². The van der Waals surface area contributed by atoms with Crippen molar-refractivity contribution in [2.75, 3.05) is 24.5 Å². The standard InChI is InChI=1S/C20H22Cl2N2/c1-3-24-19-6-7-23-11-17(19)16-9-13(8-12(2)20(16)24)15-5-4-14(21)10-18(15)22/h4-5,8-10,17,19,23H,3,6-7,11H2,1-2H3. The van der Waals surface area contributed by atoms with Crippen LogP contribution in [0.2, 0.25) is 10.0 Å². The van der Waals surface area contributed by atoms with E-state index in [1.165, 1.54) is 28.8 Å². The molecule has 4 heteroatoms. The van der Waals surface area contributed by atoms with Crippen LogP contribution in [-0.4, -0.2) is 25.7 Å². The SMILES string of the molecule is CCN1c2c(C)cc(-c3ccc(Cl)cc3Cl)cc2C2CNCCC21. The van der Waals surface area contributed by atoms with Gasteiger partial charge in [0.1, 0.15) is 0 Å². The van der Waals surface area contributed by atoms with Crippen LogP contribution in [0.5, 0.6) is 0 Å². The molecular weight excluding hydrogens is 339 g/mol. The second-order valence-corrected chi connectivity index (χ2v) is 7.65. The van der Waals surface area contributed by atoms with Gasteiger partial charge in [-0.1, -0.05) is 29.3 Å². The number of nitrogens with one attached hydrogen (secondary N) is 1. The van der Waals surface area contributed by atoms with Gasteiger partial charge in [0.25, 0.3) is 0 Å². The second kappa shape index (κ2) is 6.25. The van der Waals surface area contributed by atoms with Gasteiger partial charge >= 0.3 is 0 Å². The van der Waals surface area contributed by atoms with Crippen LogP contribution in [0, 0.1) is 6.92 Å². The highest BCUT2D eigenvalue weighted by atomic mass is 35.5. The van der Waals surface area contributed by atoms with Gasteiger partial charge in [-0.25, -0.2) is 0 Å². The molecule has 0 saturated carbocycles. The Bertz CT molecular complexity index is 787. The topological polar surface area (TPSA) is 15.3 Å². The van der Waals surface area contributed by atoms with E-state index in [0.29, 0.717) is 22.0 Å². The lowest BCUT2D eigenvalue weighted by Crippen LogP contribution is -2.44. The van der Waals surface area contributed by atoms with Crippen molar-refractivity contribution in [1.29, 1.82) is 0 Å². The smallest absolute Gasteiger partial charge is 0.0499 e. The molecule has 0 amide bonds. The van der Waals surface area contributed by atoms with Crippen LogP contribution in [0.3, 0.4) is 0 Å². The molecule has 0 radical (unpaired) electrons. The van der Waals surface area contributed by atoms with E-state index in [4.69, 9.17) is 23.2 Å². The molecule has 2 aromatic carbocycles. The minimum Gasteiger partial charge on any atom is -0.368 e. The van der Waals surface area contributed by atoms with Crippen LogP contribution in [0.15, 0.2) is 30.3 Å². The number of benzene rings is 2. The zero-order valence-electron chi connectivity index (χ0n) is 14.1. The minimum absolute atomic E-state index is 0.568. The van der Waals surface area contributed by atoms with E-state index >= 15 is 0 Å². The fraction of sp³-hybridized carbons (Fsp3) is 0.400. The van der Waals surface area contributed by atoms with E-state index in [2.05, 4.69) is 36.2 Å². The van der Waals surface area contributed by atoms with E-state index in [1.54, 1.807) is 0 Å². The van der Waals surface area contributed by atoms with E-state index < -0.39 is 0 Å². The van der Waals surface area contributed by atoms with Crippen molar-refractivity contribution in [2.45, 2.75) is 32.2 Å². The van der Waals surface area contributed by atoms with E-state index in [9.17, 15) is 0 Å². The van der Waals surface area contributed by atoms with Crippen LogP contribution in [0.25, 0.3) is 11.1 Å². The molecule has 4 rings (SSSR count). The Morgan fingerprint density at radius 1 is 1.21 bits per heavy atom. The Hall–Kier alpha value is -1.22. The molecule has 0 aliphatic carbocycles. The van der Waals surface area contributed by atoms with Crippen LogP contribution in [0.4, 0.5) is 5.69 Å². The summed E-state index contributed by atoms with van der Waals surface area (Å²) in [5, 5.41) is 4.96. The predicted molar refractivity (Wildman–Crippen MR) is 104 cm³/mol. The number of rotatable bonds is 2. The van der Waals surface area contributed by atoms with Crippen molar-refractivity contribution >= 4 is 28.9 Å². The van der Waals surface area contributed by atoms with Crippen molar-refractivity contribution in [3.63, 3.8) is 0 Å². The van der Waals surface area contributed by atoms with Crippen LogP contribution < -0.4 is 10.2 Å². The number of fused-ring (bicyclic) bond motifs is 3. The maximum atomic E-state index is 6.45. The summed E-state index contributed by atoms with van der Waals surface area (Å²) in [4.78, 5) is 2.60. The summed E-state index contributed by atoms with van der Waals surface area (Å²) in [5.41, 5.74) is 6.49. The molecule has 2 aliphatic heterocycles. The van der Waals surface area contributed by atoms with Gasteiger partial charge in [-0.15, -0.1) is 0 Å². The monoisotopic (exact) mass is 360 g/mol. The summed E-state index contributed by atoms with van der Waals surface area (Å²) in [6, 6.07) is 11.0. The molecule has 0 spiro atoms. The quantitative estimate of drug-likeness (QED) is 0.786. The number of nitrogens with zero attached hydrogens (tertiary/aromatic N) is 1. The van der Waals surface area contributed by atoms with Gasteiger partial charge in [-0.3, -0.25) is 0 Å². The molecule has 2 atom stereocenters. The van der Waals surface area contributed by atoms with Gasteiger partial charge in [0.05, 0.1) is 0 Å². The van der Waals surface area contributed by atoms with E-state index in [1.807, 2.05) is 18.2 Å². The number of hydrogen-bond acceptors (Lipinski definition) is 2. The van der Waals surface area contributed by atoms with Crippen molar-refractivity contribution < 1.29 is 0 Å². The highest BCUT2D eigenvalue weighted by Crippen LogP contribution is 2.47. The van der Waals surface area contributed by atoms with Crippen molar-refractivity contribution in [1.82, 2.24) is 5.32 Å². The number of anilines is 1. The molecule has 24 heavy (non-hydrogen) atoms. The first kappa shape index (κ1) is 16.3. The highest BCUT2D eigenvalue weighted by Gasteiger charge is 2.40. The lowest BCUT2D eigenvalue weighted by molar-refractivity contribution is 0.406. The summed E-state index contributed by atoms with van der Waals surface area (Å²) >= 11 is 12.5. The number of aryl methyl sites for hydroxylation is 1. The number of halogens is 2. The first-order chi connectivity index (χ1) is 11.6. The number of piperidine rings is 1. The predicted octanol–water partition coefficient (Wildman–Crippen LogP) is 5.25. The third-order valence-electron chi connectivity index (χ3n) is 5.45. The number of likely N-dealkylation sites (N-methyl/N-ethyl adjacent to an activating group) is 1. The summed E-state index contributed by atoms with van der Waals surface area (Å²) in [6.45, 7) is 7.72. The molecule has 2 aromatic rings. The molecule has 0 aromatic heterocycles. The normalized spacial score (nSPS) is 22.4. The summed E-state index contributed by atoms with van der Waals surface area (Å²) in [7, 11) is 0. The molecule has 1 fully saturated rings. The Morgan fingerprint density at radius 2 is 2.04 bits per heavy atom. The summed E-state index contributed by atoms with van der Waals surface area (Å²) in [5.74, 6) is 0.568. The average Bonchev–Trinajstić information content (AvgIpc) is 2.89. The largest absolute Gasteiger partial charge is 0.368 e. The molecular formula is C20H22Cl2N2. The van der Waals surface area contributed by atoms with Gasteiger partial charge in [-0.2, -0.15) is 0 Å². The lowest BCUT2D eigenvalue weighted by Gasteiger charge is -2.33. The van der Waals surface area contributed by atoms with Crippen molar-refractivity contribution in [3.05, 3.63) is 51.5 Å². The zero-order chi connectivity index (χ0) is 16.8. The van der Waals surface area contributed by atoms with Crippen molar-refractivity contribution in [2.24, 2.45) is 0 Å². The molecule has 0 bridgehead atoms. The highest BCUT2D eigenvalue weighted by molar-refractivity contribution is 6.36. The van der Waals surface area contributed by atoms with E-state index in [-0.39, 0.29) is 0 Å². The van der Waals surface area contributed by atoms with Gasteiger partial charge in [0.2, 0.25) is 0 Å². The molecule has 1 N–H and O–H groups in total. The number of hydrogen-bond donors (Lipinski definition) is 1. The third kappa shape index (κ3) is 2.52.